The topological polar surface area (TPSA) is 28.2 Å². The Morgan fingerprint density at radius 2 is 2.05 bits per heavy atom. The van der Waals surface area contributed by atoms with Crippen molar-refractivity contribution in [2.24, 2.45) is 0 Å². The summed E-state index contributed by atoms with van der Waals surface area (Å²) in [6.07, 6.45) is 3.78. The monoisotopic (exact) mass is 353 g/mol. The lowest BCUT2D eigenvalue weighted by Crippen LogP contribution is -2.46. The van der Waals surface area contributed by atoms with Gasteiger partial charge in [0.1, 0.15) is 0 Å². The van der Waals surface area contributed by atoms with E-state index in [9.17, 15) is 0 Å². The van der Waals surface area contributed by atoms with Crippen LogP contribution in [0.25, 0.3) is 10.2 Å². The summed E-state index contributed by atoms with van der Waals surface area (Å²) in [7, 11) is 0. The highest BCUT2D eigenvalue weighted by atomic mass is 35.5. The average Bonchev–Trinajstić information content (AvgIpc) is 3.17. The lowest BCUT2D eigenvalue weighted by atomic mass is 10.0. The zero-order valence-corrected chi connectivity index (χ0v) is 14.8. The summed E-state index contributed by atoms with van der Waals surface area (Å²) < 4.78 is 1.19. The molecule has 3 nitrogen and oxygen atoms in total. The molecule has 4 rings (SSSR count). The zero-order chi connectivity index (χ0) is 14.9. The molecule has 118 valence electrons. The minimum Gasteiger partial charge on any atom is -0.348 e. The molecule has 1 atom stereocenters. The Morgan fingerprint density at radius 3 is 2.82 bits per heavy atom. The number of aromatic nitrogens is 1. The maximum atomic E-state index is 6.07. The van der Waals surface area contributed by atoms with Gasteiger partial charge in [0.15, 0.2) is 5.13 Å². The van der Waals surface area contributed by atoms with Crippen molar-refractivity contribution in [3.63, 3.8) is 0 Å². The number of nitrogens with one attached hydrogen (secondary N) is 1. The highest BCUT2D eigenvalue weighted by Crippen LogP contribution is 2.32. The number of rotatable bonds is 3. The minimum absolute atomic E-state index is 0.684. The Hall–Kier alpha value is -0.490. The Kier molecular flexibility index (Phi) is 4.49. The van der Waals surface area contributed by atoms with E-state index in [1.54, 1.807) is 11.3 Å². The normalized spacial score (nSPS) is 23.5. The van der Waals surface area contributed by atoms with Crippen LogP contribution in [0.15, 0.2) is 18.2 Å². The summed E-state index contributed by atoms with van der Waals surface area (Å²) in [4.78, 5) is 7.20. The van der Waals surface area contributed by atoms with Gasteiger partial charge in [-0.3, -0.25) is 0 Å². The van der Waals surface area contributed by atoms with Crippen molar-refractivity contribution in [3.05, 3.63) is 23.2 Å². The van der Waals surface area contributed by atoms with Crippen LogP contribution in [0.5, 0.6) is 0 Å². The van der Waals surface area contributed by atoms with Crippen molar-refractivity contribution in [1.29, 1.82) is 0 Å². The molecule has 2 saturated heterocycles. The fourth-order valence-corrected chi connectivity index (χ4v) is 5.72. The van der Waals surface area contributed by atoms with E-state index in [1.807, 2.05) is 18.2 Å². The Labute approximate surface area is 144 Å². The number of fused-ring (bicyclic) bond motifs is 1. The third-order valence-electron chi connectivity index (χ3n) is 4.51. The van der Waals surface area contributed by atoms with Crippen LogP contribution in [0.4, 0.5) is 5.13 Å². The summed E-state index contributed by atoms with van der Waals surface area (Å²) in [6.45, 7) is 2.20. The minimum atomic E-state index is 0.684. The second-order valence-corrected chi connectivity index (χ2v) is 8.69. The SMILES string of the molecule is Clc1ccc2nc(N3CCC(N[C@@H]4CCSC4)CC3)sc2c1. The first-order valence-corrected chi connectivity index (χ1v) is 10.3. The molecule has 1 aromatic heterocycles. The summed E-state index contributed by atoms with van der Waals surface area (Å²) >= 11 is 9.91. The quantitative estimate of drug-likeness (QED) is 0.902. The average molecular weight is 354 g/mol. The molecule has 2 aliphatic heterocycles. The number of benzene rings is 1. The molecule has 0 unspecified atom stereocenters. The van der Waals surface area contributed by atoms with Gasteiger partial charge in [-0.05, 0) is 43.2 Å². The lowest BCUT2D eigenvalue weighted by Gasteiger charge is -2.33. The molecular formula is C16H20ClN3S2. The standard InChI is InChI=1S/C16H20ClN3S2/c17-11-1-2-14-15(9-11)22-16(19-14)20-6-3-12(4-7-20)18-13-5-8-21-10-13/h1-2,9,12-13,18H,3-8,10H2/t13-/m1/s1. The molecule has 3 heterocycles. The van der Waals surface area contributed by atoms with Crippen molar-refractivity contribution in [3.8, 4) is 0 Å². The third kappa shape index (κ3) is 3.23. The van der Waals surface area contributed by atoms with Crippen LogP contribution >= 0.6 is 34.7 Å². The fourth-order valence-electron chi connectivity index (χ4n) is 3.26. The van der Waals surface area contributed by atoms with Crippen molar-refractivity contribution in [1.82, 2.24) is 10.3 Å². The Morgan fingerprint density at radius 1 is 1.18 bits per heavy atom. The number of thiazole rings is 1. The van der Waals surface area contributed by atoms with E-state index in [-0.39, 0.29) is 0 Å². The number of hydrogen-bond acceptors (Lipinski definition) is 5. The predicted octanol–water partition coefficient (Wildman–Crippen LogP) is 4.01. The predicted molar refractivity (Wildman–Crippen MR) is 98.7 cm³/mol. The smallest absolute Gasteiger partial charge is 0.186 e. The molecule has 2 aliphatic rings. The molecule has 22 heavy (non-hydrogen) atoms. The van der Waals surface area contributed by atoms with Gasteiger partial charge in [-0.2, -0.15) is 11.8 Å². The number of halogens is 1. The molecule has 0 bridgehead atoms. The van der Waals surface area contributed by atoms with E-state index in [2.05, 4.69) is 22.0 Å². The number of nitrogens with zero attached hydrogens (tertiary/aromatic N) is 2. The number of piperidine rings is 1. The van der Waals surface area contributed by atoms with E-state index in [0.29, 0.717) is 6.04 Å². The van der Waals surface area contributed by atoms with Crippen LogP contribution < -0.4 is 10.2 Å². The maximum Gasteiger partial charge on any atom is 0.186 e. The van der Waals surface area contributed by atoms with Crippen LogP contribution in [0.1, 0.15) is 19.3 Å². The summed E-state index contributed by atoms with van der Waals surface area (Å²) in [5, 5.41) is 5.78. The number of hydrogen-bond donors (Lipinski definition) is 1. The third-order valence-corrected chi connectivity index (χ3v) is 6.98. The van der Waals surface area contributed by atoms with Crippen molar-refractivity contribution >= 4 is 50.0 Å². The van der Waals surface area contributed by atoms with E-state index in [1.165, 1.54) is 35.5 Å². The van der Waals surface area contributed by atoms with Gasteiger partial charge in [0, 0.05) is 35.9 Å². The van der Waals surface area contributed by atoms with E-state index in [0.717, 1.165) is 34.8 Å². The summed E-state index contributed by atoms with van der Waals surface area (Å²) in [6, 6.07) is 7.38. The van der Waals surface area contributed by atoms with Gasteiger partial charge in [0.05, 0.1) is 10.2 Å². The van der Waals surface area contributed by atoms with E-state index >= 15 is 0 Å². The van der Waals surface area contributed by atoms with Gasteiger partial charge >= 0.3 is 0 Å². The molecule has 0 amide bonds. The lowest BCUT2D eigenvalue weighted by molar-refractivity contribution is 0.379. The number of thioether (sulfide) groups is 1. The maximum absolute atomic E-state index is 6.07. The summed E-state index contributed by atoms with van der Waals surface area (Å²) in [5.74, 6) is 2.61. The molecule has 2 aromatic rings. The first-order chi connectivity index (χ1) is 10.8. The fraction of sp³-hybridized carbons (Fsp3) is 0.562. The van der Waals surface area contributed by atoms with Gasteiger partial charge in [-0.1, -0.05) is 22.9 Å². The van der Waals surface area contributed by atoms with Crippen LogP contribution in [0, 0.1) is 0 Å². The van der Waals surface area contributed by atoms with Gasteiger partial charge in [0.2, 0.25) is 0 Å². The molecule has 0 aliphatic carbocycles. The molecule has 1 aromatic carbocycles. The van der Waals surface area contributed by atoms with Crippen LogP contribution in [-0.2, 0) is 0 Å². The first-order valence-electron chi connectivity index (χ1n) is 7.93. The molecule has 0 radical (unpaired) electrons. The highest BCUT2D eigenvalue weighted by Gasteiger charge is 2.25. The van der Waals surface area contributed by atoms with Crippen LogP contribution in [-0.4, -0.2) is 41.7 Å². The zero-order valence-electron chi connectivity index (χ0n) is 12.4. The van der Waals surface area contributed by atoms with Gasteiger partial charge in [-0.15, -0.1) is 0 Å². The van der Waals surface area contributed by atoms with Gasteiger partial charge in [0.25, 0.3) is 0 Å². The number of anilines is 1. The van der Waals surface area contributed by atoms with E-state index in [4.69, 9.17) is 16.6 Å². The van der Waals surface area contributed by atoms with Crippen molar-refractivity contribution in [2.45, 2.75) is 31.3 Å². The largest absolute Gasteiger partial charge is 0.348 e. The second-order valence-electron chi connectivity index (χ2n) is 6.10. The summed E-state index contributed by atoms with van der Waals surface area (Å²) in [5.41, 5.74) is 1.06. The first kappa shape index (κ1) is 15.1. The molecule has 0 saturated carbocycles. The molecule has 2 fully saturated rings. The molecule has 6 heteroatoms. The van der Waals surface area contributed by atoms with E-state index < -0.39 is 0 Å². The van der Waals surface area contributed by atoms with Crippen LogP contribution in [0.3, 0.4) is 0 Å². The van der Waals surface area contributed by atoms with Crippen molar-refractivity contribution in [2.75, 3.05) is 29.5 Å². The van der Waals surface area contributed by atoms with Crippen molar-refractivity contribution < 1.29 is 0 Å². The highest BCUT2D eigenvalue weighted by molar-refractivity contribution is 7.99. The van der Waals surface area contributed by atoms with Crippen LogP contribution in [0.2, 0.25) is 5.02 Å². The molecule has 1 N–H and O–H groups in total. The van der Waals surface area contributed by atoms with Gasteiger partial charge < -0.3 is 10.2 Å². The Balaban J connectivity index is 1.39. The Bertz CT molecular complexity index is 646. The van der Waals surface area contributed by atoms with Gasteiger partial charge in [-0.25, -0.2) is 4.98 Å². The second kappa shape index (κ2) is 6.56. The molecule has 0 spiro atoms. The molecular weight excluding hydrogens is 334 g/mol.